The third-order valence-corrected chi connectivity index (χ3v) is 4.48. The predicted octanol–water partition coefficient (Wildman–Crippen LogP) is 3.76. The van der Waals surface area contributed by atoms with Gasteiger partial charge in [0, 0.05) is 6.54 Å². The molecular formula is C16H17BrClN3O3. The Morgan fingerprint density at radius 3 is 2.83 bits per heavy atom. The van der Waals surface area contributed by atoms with Crippen molar-refractivity contribution in [2.24, 2.45) is 0 Å². The smallest absolute Gasteiger partial charge is 0.288 e. The molecule has 0 fully saturated rings. The van der Waals surface area contributed by atoms with Crippen molar-refractivity contribution in [2.45, 2.75) is 32.9 Å². The number of hydrogen-bond acceptors (Lipinski definition) is 5. The number of nitrogens with one attached hydrogen (secondary N) is 1. The summed E-state index contributed by atoms with van der Waals surface area (Å²) in [6, 6.07) is 3.82. The zero-order chi connectivity index (χ0) is 17.5. The van der Waals surface area contributed by atoms with Gasteiger partial charge in [0.25, 0.3) is 5.56 Å². The molecule has 1 aliphatic rings. The van der Waals surface area contributed by atoms with Crippen LogP contribution >= 0.6 is 27.5 Å². The molecule has 0 aliphatic carbocycles. The maximum absolute atomic E-state index is 12.3. The molecule has 6 nitrogen and oxygen atoms in total. The van der Waals surface area contributed by atoms with Gasteiger partial charge in [-0.3, -0.25) is 4.79 Å². The molecule has 0 bridgehead atoms. The van der Waals surface area contributed by atoms with Crippen LogP contribution in [0.5, 0.6) is 11.5 Å². The predicted molar refractivity (Wildman–Crippen MR) is 96.1 cm³/mol. The number of fused-ring (bicyclic) bond motifs is 1. The van der Waals surface area contributed by atoms with E-state index in [4.69, 9.17) is 21.1 Å². The van der Waals surface area contributed by atoms with Crippen LogP contribution in [-0.4, -0.2) is 16.6 Å². The van der Waals surface area contributed by atoms with Crippen molar-refractivity contribution in [3.8, 4) is 11.5 Å². The van der Waals surface area contributed by atoms with E-state index in [1.807, 2.05) is 32.9 Å². The fraction of sp³-hybridized carbons (Fsp3) is 0.375. The Kier molecular flexibility index (Phi) is 4.48. The maximum atomic E-state index is 12.3. The van der Waals surface area contributed by atoms with E-state index in [1.165, 1.54) is 4.68 Å². The fourth-order valence-electron chi connectivity index (χ4n) is 2.35. The third-order valence-electron chi connectivity index (χ3n) is 3.52. The van der Waals surface area contributed by atoms with Gasteiger partial charge in [-0.2, -0.15) is 5.10 Å². The van der Waals surface area contributed by atoms with E-state index < -0.39 is 5.54 Å². The van der Waals surface area contributed by atoms with Crippen molar-refractivity contribution in [1.82, 2.24) is 9.78 Å². The van der Waals surface area contributed by atoms with Crippen molar-refractivity contribution < 1.29 is 9.47 Å². The Bertz CT molecular complexity index is 846. The average Bonchev–Trinajstić information content (AvgIpc) is 2.96. The third kappa shape index (κ3) is 3.23. The van der Waals surface area contributed by atoms with E-state index in [0.717, 1.165) is 10.0 Å². The highest BCUT2D eigenvalue weighted by molar-refractivity contribution is 9.10. The minimum Gasteiger partial charge on any atom is -0.454 e. The number of rotatable bonds is 3. The Morgan fingerprint density at radius 1 is 1.38 bits per heavy atom. The molecule has 24 heavy (non-hydrogen) atoms. The Labute approximate surface area is 152 Å². The van der Waals surface area contributed by atoms with Gasteiger partial charge in [0.1, 0.15) is 5.02 Å². The van der Waals surface area contributed by atoms with Crippen LogP contribution in [0.15, 0.2) is 27.6 Å². The monoisotopic (exact) mass is 413 g/mol. The number of anilines is 1. The summed E-state index contributed by atoms with van der Waals surface area (Å²) in [7, 11) is 0. The van der Waals surface area contributed by atoms with Crippen molar-refractivity contribution >= 4 is 33.2 Å². The minimum absolute atomic E-state index is 0.125. The normalized spacial score (nSPS) is 13.2. The molecule has 2 aromatic rings. The molecule has 1 aliphatic heterocycles. The zero-order valence-corrected chi connectivity index (χ0v) is 15.9. The first-order valence-electron chi connectivity index (χ1n) is 7.37. The van der Waals surface area contributed by atoms with Crippen LogP contribution in [0, 0.1) is 0 Å². The second-order valence-corrected chi connectivity index (χ2v) is 7.66. The van der Waals surface area contributed by atoms with Crippen LogP contribution in [0.1, 0.15) is 26.3 Å². The molecule has 0 amide bonds. The highest BCUT2D eigenvalue weighted by Crippen LogP contribution is 2.40. The van der Waals surface area contributed by atoms with Gasteiger partial charge in [0.15, 0.2) is 11.5 Å². The van der Waals surface area contributed by atoms with Crippen LogP contribution in [0.4, 0.5) is 5.69 Å². The van der Waals surface area contributed by atoms with Gasteiger partial charge < -0.3 is 14.8 Å². The molecule has 8 heteroatoms. The highest BCUT2D eigenvalue weighted by Gasteiger charge is 2.20. The Hall–Kier alpha value is -1.73. The van der Waals surface area contributed by atoms with Gasteiger partial charge in [0.2, 0.25) is 6.79 Å². The number of nitrogens with zero attached hydrogens (tertiary/aromatic N) is 2. The van der Waals surface area contributed by atoms with Gasteiger partial charge >= 0.3 is 0 Å². The molecule has 0 unspecified atom stereocenters. The summed E-state index contributed by atoms with van der Waals surface area (Å²) in [6.07, 6.45) is 1.57. The molecule has 0 atom stereocenters. The first kappa shape index (κ1) is 17.1. The van der Waals surface area contributed by atoms with Crippen LogP contribution in [0.2, 0.25) is 5.02 Å². The number of ether oxygens (including phenoxy) is 2. The quantitative estimate of drug-likeness (QED) is 0.828. The van der Waals surface area contributed by atoms with Crippen molar-refractivity contribution in [1.29, 1.82) is 0 Å². The second-order valence-electron chi connectivity index (χ2n) is 6.42. The summed E-state index contributed by atoms with van der Waals surface area (Å²) < 4.78 is 13.0. The zero-order valence-electron chi connectivity index (χ0n) is 13.5. The molecule has 1 aromatic heterocycles. The summed E-state index contributed by atoms with van der Waals surface area (Å²) >= 11 is 9.66. The van der Waals surface area contributed by atoms with E-state index in [-0.39, 0.29) is 17.4 Å². The summed E-state index contributed by atoms with van der Waals surface area (Å²) in [6.45, 7) is 6.38. The minimum atomic E-state index is -0.429. The molecule has 128 valence electrons. The fourth-order valence-corrected chi connectivity index (χ4v) is 3.15. The maximum Gasteiger partial charge on any atom is 0.288 e. The lowest BCUT2D eigenvalue weighted by atomic mass is 10.1. The lowest BCUT2D eigenvalue weighted by Gasteiger charge is -2.21. The average molecular weight is 415 g/mol. The molecular weight excluding hydrogens is 398 g/mol. The van der Waals surface area contributed by atoms with E-state index in [1.54, 1.807) is 6.20 Å². The van der Waals surface area contributed by atoms with Gasteiger partial charge in [-0.25, -0.2) is 4.68 Å². The van der Waals surface area contributed by atoms with E-state index in [9.17, 15) is 4.79 Å². The molecule has 0 saturated heterocycles. The topological polar surface area (TPSA) is 65.4 Å². The van der Waals surface area contributed by atoms with Gasteiger partial charge in [-0.1, -0.05) is 11.6 Å². The molecule has 2 heterocycles. The van der Waals surface area contributed by atoms with Crippen molar-refractivity contribution in [3.05, 3.63) is 43.7 Å². The molecule has 0 spiro atoms. The summed E-state index contributed by atoms with van der Waals surface area (Å²) in [5.41, 5.74) is 0.709. The Morgan fingerprint density at radius 2 is 2.12 bits per heavy atom. The molecule has 0 radical (unpaired) electrons. The van der Waals surface area contributed by atoms with Crippen LogP contribution in [-0.2, 0) is 12.1 Å². The largest absolute Gasteiger partial charge is 0.454 e. The van der Waals surface area contributed by atoms with Crippen LogP contribution in [0.25, 0.3) is 0 Å². The van der Waals surface area contributed by atoms with Gasteiger partial charge in [0.05, 0.1) is 21.9 Å². The molecule has 1 N–H and O–H groups in total. The summed E-state index contributed by atoms with van der Waals surface area (Å²) in [4.78, 5) is 12.3. The standard InChI is InChI=1S/C16H17BrClN3O3/c1-16(2,3)21-15(22)13(18)11(7-20-21)19-6-9-4-10(17)14-12(5-9)23-8-24-14/h4-5,7,19H,6,8H2,1-3H3. The second kappa shape index (κ2) is 6.29. The number of benzene rings is 1. The van der Waals surface area contributed by atoms with Gasteiger partial charge in [-0.15, -0.1) is 0 Å². The lowest BCUT2D eigenvalue weighted by molar-refractivity contribution is 0.173. The van der Waals surface area contributed by atoms with E-state index in [2.05, 4.69) is 26.3 Å². The van der Waals surface area contributed by atoms with Crippen LogP contribution < -0.4 is 20.3 Å². The van der Waals surface area contributed by atoms with E-state index >= 15 is 0 Å². The first-order valence-corrected chi connectivity index (χ1v) is 8.54. The molecule has 0 saturated carbocycles. The van der Waals surface area contributed by atoms with Crippen molar-refractivity contribution in [2.75, 3.05) is 12.1 Å². The number of halogens is 2. The van der Waals surface area contributed by atoms with Crippen LogP contribution in [0.3, 0.4) is 0 Å². The summed E-state index contributed by atoms with van der Waals surface area (Å²) in [5, 5.41) is 7.47. The molecule has 1 aromatic carbocycles. The Balaban J connectivity index is 1.82. The first-order chi connectivity index (χ1) is 11.3. The van der Waals surface area contributed by atoms with E-state index in [0.29, 0.717) is 23.7 Å². The number of hydrogen-bond donors (Lipinski definition) is 1. The number of aromatic nitrogens is 2. The van der Waals surface area contributed by atoms with Gasteiger partial charge in [-0.05, 0) is 54.4 Å². The SMILES string of the molecule is CC(C)(C)n1ncc(NCc2cc(Br)c3c(c2)OCO3)c(Cl)c1=O. The highest BCUT2D eigenvalue weighted by atomic mass is 79.9. The lowest BCUT2D eigenvalue weighted by Crippen LogP contribution is -2.36. The molecule has 3 rings (SSSR count). The summed E-state index contributed by atoms with van der Waals surface area (Å²) in [5.74, 6) is 1.39. The van der Waals surface area contributed by atoms with Crippen molar-refractivity contribution in [3.63, 3.8) is 0 Å².